The molecule has 1 heterocycles. The van der Waals surface area contributed by atoms with Gasteiger partial charge in [0, 0.05) is 26.2 Å². The lowest BCUT2D eigenvalue weighted by atomic mass is 10.2. The number of carbonyl (C=O) groups is 1. The number of morpholine rings is 1. The van der Waals surface area contributed by atoms with Crippen molar-refractivity contribution in [2.45, 2.75) is 12.5 Å². The average Bonchev–Trinajstić information content (AvgIpc) is 2.26. The lowest BCUT2D eigenvalue weighted by Crippen LogP contribution is -2.45. The molecule has 0 bridgehead atoms. The zero-order chi connectivity index (χ0) is 12.0. The molecule has 0 aromatic carbocycles. The molecule has 16 heavy (non-hydrogen) atoms. The minimum absolute atomic E-state index is 0.0108. The van der Waals surface area contributed by atoms with Gasteiger partial charge < -0.3 is 14.4 Å². The molecular weight excluding hydrogens is 208 g/mol. The maximum atomic E-state index is 11.1. The number of likely N-dealkylation sites (N-methyl/N-ethyl adjacent to an activating group) is 1. The lowest BCUT2D eigenvalue weighted by Gasteiger charge is -2.33. The second kappa shape index (κ2) is 6.83. The molecule has 94 valence electrons. The van der Waals surface area contributed by atoms with Crippen LogP contribution in [0.15, 0.2) is 0 Å². The van der Waals surface area contributed by atoms with E-state index < -0.39 is 0 Å². The van der Waals surface area contributed by atoms with Gasteiger partial charge in [0.15, 0.2) is 0 Å². The largest absolute Gasteiger partial charge is 0.469 e. The number of nitrogens with zero attached hydrogens (tertiary/aromatic N) is 2. The van der Waals surface area contributed by atoms with E-state index in [1.54, 1.807) is 0 Å². The van der Waals surface area contributed by atoms with Gasteiger partial charge in [-0.05, 0) is 14.1 Å². The van der Waals surface area contributed by atoms with E-state index in [0.29, 0.717) is 13.0 Å². The van der Waals surface area contributed by atoms with Gasteiger partial charge in [0.05, 0.1) is 26.2 Å². The quantitative estimate of drug-likeness (QED) is 0.613. The molecule has 1 unspecified atom stereocenters. The van der Waals surface area contributed by atoms with E-state index in [1.807, 2.05) is 0 Å². The minimum atomic E-state index is -0.195. The van der Waals surface area contributed by atoms with Crippen LogP contribution >= 0.6 is 0 Å². The molecule has 1 saturated heterocycles. The third-order valence-corrected chi connectivity index (χ3v) is 2.71. The number of carbonyl (C=O) groups excluding carboxylic acids is 1. The Morgan fingerprint density at radius 1 is 1.56 bits per heavy atom. The number of esters is 1. The van der Waals surface area contributed by atoms with E-state index in [9.17, 15) is 4.79 Å². The van der Waals surface area contributed by atoms with Gasteiger partial charge in [-0.3, -0.25) is 9.69 Å². The van der Waals surface area contributed by atoms with Gasteiger partial charge in [-0.15, -0.1) is 0 Å². The minimum Gasteiger partial charge on any atom is -0.469 e. The van der Waals surface area contributed by atoms with Crippen molar-refractivity contribution in [3.05, 3.63) is 0 Å². The van der Waals surface area contributed by atoms with Crippen molar-refractivity contribution in [1.29, 1.82) is 0 Å². The number of methoxy groups -OCH3 is 1. The summed E-state index contributed by atoms with van der Waals surface area (Å²) in [7, 11) is 5.54. The van der Waals surface area contributed by atoms with E-state index >= 15 is 0 Å². The van der Waals surface area contributed by atoms with Crippen LogP contribution in [0.5, 0.6) is 0 Å². The molecule has 0 aromatic heterocycles. The molecule has 0 spiro atoms. The molecule has 0 radical (unpaired) electrons. The standard InChI is InChI=1S/C11H22N2O3/c1-12(2)4-5-13-6-7-16-10(9-13)8-11(14)15-3/h10H,4-9H2,1-3H3. The van der Waals surface area contributed by atoms with Gasteiger partial charge in [-0.2, -0.15) is 0 Å². The molecule has 1 fully saturated rings. The smallest absolute Gasteiger partial charge is 0.308 e. The van der Waals surface area contributed by atoms with Crippen molar-refractivity contribution in [2.75, 3.05) is 54.0 Å². The first-order valence-corrected chi connectivity index (χ1v) is 5.67. The Bertz CT molecular complexity index is 221. The van der Waals surface area contributed by atoms with Crippen molar-refractivity contribution in [1.82, 2.24) is 9.80 Å². The zero-order valence-corrected chi connectivity index (χ0v) is 10.4. The van der Waals surface area contributed by atoms with Crippen LogP contribution in [0.25, 0.3) is 0 Å². The summed E-state index contributed by atoms with van der Waals surface area (Å²) in [6.07, 6.45) is 0.345. The van der Waals surface area contributed by atoms with Crippen molar-refractivity contribution in [3.8, 4) is 0 Å². The number of rotatable bonds is 5. The molecule has 1 atom stereocenters. The van der Waals surface area contributed by atoms with Crippen molar-refractivity contribution in [2.24, 2.45) is 0 Å². The number of ether oxygens (including phenoxy) is 2. The molecule has 0 N–H and O–H groups in total. The van der Waals surface area contributed by atoms with Crippen LogP contribution in [-0.2, 0) is 14.3 Å². The Morgan fingerprint density at radius 2 is 2.31 bits per heavy atom. The predicted molar refractivity (Wildman–Crippen MR) is 61.4 cm³/mol. The van der Waals surface area contributed by atoms with Gasteiger partial charge in [-0.1, -0.05) is 0 Å². The molecule has 5 nitrogen and oxygen atoms in total. The molecule has 0 saturated carbocycles. The second-order valence-corrected chi connectivity index (χ2v) is 4.38. The van der Waals surface area contributed by atoms with Gasteiger partial charge in [0.2, 0.25) is 0 Å². The van der Waals surface area contributed by atoms with Gasteiger partial charge >= 0.3 is 5.97 Å². The van der Waals surface area contributed by atoms with Crippen molar-refractivity contribution < 1.29 is 14.3 Å². The van der Waals surface area contributed by atoms with Crippen LogP contribution in [0.3, 0.4) is 0 Å². The summed E-state index contributed by atoms with van der Waals surface area (Å²) in [6, 6.07) is 0. The molecule has 0 aliphatic carbocycles. The van der Waals surface area contributed by atoms with E-state index in [0.717, 1.165) is 26.2 Å². The first kappa shape index (κ1) is 13.4. The molecule has 5 heteroatoms. The summed E-state index contributed by atoms with van der Waals surface area (Å²) < 4.78 is 10.2. The third-order valence-electron chi connectivity index (χ3n) is 2.71. The van der Waals surface area contributed by atoms with Crippen molar-refractivity contribution in [3.63, 3.8) is 0 Å². The van der Waals surface area contributed by atoms with E-state index in [1.165, 1.54) is 7.11 Å². The summed E-state index contributed by atoms with van der Waals surface area (Å²) in [4.78, 5) is 15.6. The summed E-state index contributed by atoms with van der Waals surface area (Å²) in [5.41, 5.74) is 0. The molecule has 1 aliphatic heterocycles. The zero-order valence-electron chi connectivity index (χ0n) is 10.4. The summed E-state index contributed by atoms with van der Waals surface area (Å²) in [5, 5.41) is 0. The summed E-state index contributed by atoms with van der Waals surface area (Å²) in [5.74, 6) is -0.195. The van der Waals surface area contributed by atoms with Crippen LogP contribution in [0.4, 0.5) is 0 Å². The molecule has 0 amide bonds. The van der Waals surface area contributed by atoms with E-state index in [2.05, 4.69) is 28.6 Å². The van der Waals surface area contributed by atoms with Crippen molar-refractivity contribution >= 4 is 5.97 Å². The van der Waals surface area contributed by atoms with Gasteiger partial charge in [-0.25, -0.2) is 0 Å². The Labute approximate surface area is 97.3 Å². The van der Waals surface area contributed by atoms with Crippen LogP contribution < -0.4 is 0 Å². The van der Waals surface area contributed by atoms with E-state index in [-0.39, 0.29) is 12.1 Å². The maximum Gasteiger partial charge on any atom is 0.308 e. The second-order valence-electron chi connectivity index (χ2n) is 4.38. The normalized spacial score (nSPS) is 22.4. The Morgan fingerprint density at radius 3 is 2.94 bits per heavy atom. The first-order valence-electron chi connectivity index (χ1n) is 5.67. The fourth-order valence-electron chi connectivity index (χ4n) is 1.72. The highest BCUT2D eigenvalue weighted by Gasteiger charge is 2.22. The molecule has 1 rings (SSSR count). The monoisotopic (exact) mass is 230 g/mol. The Balaban J connectivity index is 2.26. The predicted octanol–water partition coefficient (Wildman–Crippen LogP) is -0.188. The fourth-order valence-corrected chi connectivity index (χ4v) is 1.72. The summed E-state index contributed by atoms with van der Waals surface area (Å²) >= 11 is 0. The van der Waals surface area contributed by atoms with Crippen LogP contribution in [-0.4, -0.2) is 75.9 Å². The maximum absolute atomic E-state index is 11.1. The fraction of sp³-hybridized carbons (Fsp3) is 0.909. The lowest BCUT2D eigenvalue weighted by molar-refractivity contribution is -0.145. The van der Waals surface area contributed by atoms with Gasteiger partial charge in [0.25, 0.3) is 0 Å². The van der Waals surface area contributed by atoms with Crippen LogP contribution in [0, 0.1) is 0 Å². The topological polar surface area (TPSA) is 42.0 Å². The highest BCUT2D eigenvalue weighted by atomic mass is 16.5. The molecule has 1 aliphatic rings. The highest BCUT2D eigenvalue weighted by Crippen LogP contribution is 2.09. The third kappa shape index (κ3) is 4.92. The van der Waals surface area contributed by atoms with Crippen LogP contribution in [0.2, 0.25) is 0 Å². The molecular formula is C11H22N2O3. The van der Waals surface area contributed by atoms with E-state index in [4.69, 9.17) is 4.74 Å². The Hall–Kier alpha value is -0.650. The van der Waals surface area contributed by atoms with Gasteiger partial charge in [0.1, 0.15) is 0 Å². The average molecular weight is 230 g/mol. The highest BCUT2D eigenvalue weighted by molar-refractivity contribution is 5.69. The number of hydrogen-bond donors (Lipinski definition) is 0. The Kier molecular flexibility index (Phi) is 5.73. The molecule has 0 aromatic rings. The SMILES string of the molecule is COC(=O)CC1CN(CCN(C)C)CCO1. The van der Waals surface area contributed by atoms with Crippen LogP contribution in [0.1, 0.15) is 6.42 Å². The summed E-state index contributed by atoms with van der Waals surface area (Å²) in [6.45, 7) is 4.53. The first-order chi connectivity index (χ1) is 7.61. The number of hydrogen-bond acceptors (Lipinski definition) is 5.